The van der Waals surface area contributed by atoms with Gasteiger partial charge in [-0.05, 0) is 18.6 Å². The van der Waals surface area contributed by atoms with E-state index in [-0.39, 0.29) is 5.97 Å². The third kappa shape index (κ3) is 2.97. The van der Waals surface area contributed by atoms with Gasteiger partial charge in [-0.25, -0.2) is 4.79 Å². The highest BCUT2D eigenvalue weighted by atomic mass is 16.5. The molecule has 92 valence electrons. The summed E-state index contributed by atoms with van der Waals surface area (Å²) in [6.45, 7) is 2.46. The Morgan fingerprint density at radius 2 is 2.35 bits per heavy atom. The number of hydrogen-bond acceptors (Lipinski definition) is 4. The van der Waals surface area contributed by atoms with Gasteiger partial charge in [0.15, 0.2) is 0 Å². The molecule has 0 saturated carbocycles. The summed E-state index contributed by atoms with van der Waals surface area (Å²) in [5.74, 6) is 0.219. The fourth-order valence-electron chi connectivity index (χ4n) is 1.92. The van der Waals surface area contributed by atoms with Crippen LogP contribution in [0.4, 0.5) is 5.69 Å². The van der Waals surface area contributed by atoms with Crippen LogP contribution in [0.5, 0.6) is 0 Å². The molecule has 0 bridgehead atoms. The highest BCUT2D eigenvalue weighted by Crippen LogP contribution is 2.18. The fraction of sp³-hybridized carbons (Fsp3) is 0.462. The fourth-order valence-corrected chi connectivity index (χ4v) is 1.92. The third-order valence-corrected chi connectivity index (χ3v) is 2.94. The van der Waals surface area contributed by atoms with E-state index in [1.807, 2.05) is 18.2 Å². The number of rotatable bonds is 4. The van der Waals surface area contributed by atoms with Crippen molar-refractivity contribution in [2.24, 2.45) is 5.92 Å². The first-order valence-electron chi connectivity index (χ1n) is 5.80. The van der Waals surface area contributed by atoms with Crippen molar-refractivity contribution in [3.05, 3.63) is 29.8 Å². The lowest BCUT2D eigenvalue weighted by Crippen LogP contribution is -2.16. The van der Waals surface area contributed by atoms with Gasteiger partial charge in [-0.1, -0.05) is 12.1 Å². The molecule has 1 aromatic carbocycles. The summed E-state index contributed by atoms with van der Waals surface area (Å²) < 4.78 is 10.1. The molecular weight excluding hydrogens is 218 g/mol. The van der Waals surface area contributed by atoms with Crippen molar-refractivity contribution in [2.45, 2.75) is 6.42 Å². The van der Waals surface area contributed by atoms with E-state index in [9.17, 15) is 4.79 Å². The predicted octanol–water partition coefficient (Wildman–Crippen LogP) is 1.92. The van der Waals surface area contributed by atoms with Crippen LogP contribution < -0.4 is 5.32 Å². The Balaban J connectivity index is 2.01. The number of esters is 1. The molecule has 0 amide bonds. The molecule has 0 spiro atoms. The van der Waals surface area contributed by atoms with Gasteiger partial charge in [-0.3, -0.25) is 0 Å². The Hall–Kier alpha value is -1.55. The minimum Gasteiger partial charge on any atom is -0.465 e. The molecule has 1 fully saturated rings. The molecule has 0 aliphatic carbocycles. The van der Waals surface area contributed by atoms with E-state index in [1.54, 1.807) is 6.07 Å². The Morgan fingerprint density at radius 1 is 1.53 bits per heavy atom. The standard InChI is InChI=1S/C13H17NO3/c1-16-13(15)11-4-2-3-5-12(11)14-8-10-6-7-17-9-10/h2-5,10,14H,6-9H2,1H3. The molecule has 4 nitrogen and oxygen atoms in total. The molecule has 1 unspecified atom stereocenters. The number of benzene rings is 1. The summed E-state index contributed by atoms with van der Waals surface area (Å²) in [5, 5.41) is 3.29. The van der Waals surface area contributed by atoms with Gasteiger partial charge in [-0.15, -0.1) is 0 Å². The molecule has 1 N–H and O–H groups in total. The highest BCUT2D eigenvalue weighted by molar-refractivity contribution is 5.95. The van der Waals surface area contributed by atoms with Crippen LogP contribution in [-0.2, 0) is 9.47 Å². The number of carbonyl (C=O) groups is 1. The van der Waals surface area contributed by atoms with E-state index in [0.717, 1.165) is 31.9 Å². The molecule has 17 heavy (non-hydrogen) atoms. The first-order valence-corrected chi connectivity index (χ1v) is 5.80. The monoisotopic (exact) mass is 235 g/mol. The van der Waals surface area contributed by atoms with Crippen molar-refractivity contribution in [3.63, 3.8) is 0 Å². The highest BCUT2D eigenvalue weighted by Gasteiger charge is 2.16. The van der Waals surface area contributed by atoms with Crippen molar-refractivity contribution in [1.29, 1.82) is 0 Å². The average Bonchev–Trinajstić information content (AvgIpc) is 2.89. The maximum atomic E-state index is 11.5. The molecule has 0 aromatic heterocycles. The van der Waals surface area contributed by atoms with Gasteiger partial charge in [0.25, 0.3) is 0 Å². The van der Waals surface area contributed by atoms with Crippen LogP contribution in [0.15, 0.2) is 24.3 Å². The van der Waals surface area contributed by atoms with E-state index < -0.39 is 0 Å². The van der Waals surface area contributed by atoms with Crippen LogP contribution in [0, 0.1) is 5.92 Å². The van der Waals surface area contributed by atoms with Crippen LogP contribution in [0.25, 0.3) is 0 Å². The first kappa shape index (κ1) is 11.9. The van der Waals surface area contributed by atoms with Crippen LogP contribution >= 0.6 is 0 Å². The van der Waals surface area contributed by atoms with Crippen molar-refractivity contribution >= 4 is 11.7 Å². The Kier molecular flexibility index (Phi) is 3.98. The molecule has 1 saturated heterocycles. The summed E-state index contributed by atoms with van der Waals surface area (Å²) >= 11 is 0. The van der Waals surface area contributed by atoms with E-state index >= 15 is 0 Å². The minimum absolute atomic E-state index is 0.309. The predicted molar refractivity (Wildman–Crippen MR) is 65.2 cm³/mol. The number of carbonyl (C=O) groups excluding carboxylic acids is 1. The smallest absolute Gasteiger partial charge is 0.339 e. The lowest BCUT2D eigenvalue weighted by atomic mass is 10.1. The normalized spacial score (nSPS) is 19.0. The summed E-state index contributed by atoms with van der Waals surface area (Å²) in [6.07, 6.45) is 1.08. The van der Waals surface area contributed by atoms with Gasteiger partial charge in [0.05, 0.1) is 19.3 Å². The Bertz CT molecular complexity index is 386. The van der Waals surface area contributed by atoms with E-state index in [1.165, 1.54) is 7.11 Å². The molecular formula is C13H17NO3. The maximum Gasteiger partial charge on any atom is 0.339 e. The second-order valence-electron chi connectivity index (χ2n) is 4.15. The molecule has 1 aromatic rings. The zero-order valence-electron chi connectivity index (χ0n) is 9.94. The number of ether oxygens (including phenoxy) is 2. The van der Waals surface area contributed by atoms with Gasteiger partial charge in [-0.2, -0.15) is 0 Å². The summed E-state index contributed by atoms with van der Waals surface area (Å²) in [6, 6.07) is 7.39. The largest absolute Gasteiger partial charge is 0.465 e. The van der Waals surface area contributed by atoms with Gasteiger partial charge in [0.2, 0.25) is 0 Å². The van der Waals surface area contributed by atoms with Crippen molar-refractivity contribution in [2.75, 3.05) is 32.2 Å². The summed E-state index contributed by atoms with van der Waals surface area (Å²) in [4.78, 5) is 11.5. The number of para-hydroxylation sites is 1. The summed E-state index contributed by atoms with van der Waals surface area (Å²) in [5.41, 5.74) is 1.40. The van der Waals surface area contributed by atoms with E-state index in [4.69, 9.17) is 9.47 Å². The van der Waals surface area contributed by atoms with Crippen LogP contribution in [-0.4, -0.2) is 32.8 Å². The van der Waals surface area contributed by atoms with Crippen LogP contribution in [0.2, 0.25) is 0 Å². The number of methoxy groups -OCH3 is 1. The Labute approximate surface area is 101 Å². The van der Waals surface area contributed by atoms with Crippen LogP contribution in [0.1, 0.15) is 16.8 Å². The van der Waals surface area contributed by atoms with Gasteiger partial charge in [0.1, 0.15) is 0 Å². The number of anilines is 1. The molecule has 1 aliphatic rings. The van der Waals surface area contributed by atoms with Gasteiger partial charge < -0.3 is 14.8 Å². The van der Waals surface area contributed by atoms with Crippen LogP contribution in [0.3, 0.4) is 0 Å². The second kappa shape index (κ2) is 5.68. The van der Waals surface area contributed by atoms with E-state index in [0.29, 0.717) is 11.5 Å². The third-order valence-electron chi connectivity index (χ3n) is 2.94. The molecule has 2 rings (SSSR count). The van der Waals surface area contributed by atoms with Crippen molar-refractivity contribution < 1.29 is 14.3 Å². The molecule has 1 atom stereocenters. The van der Waals surface area contributed by atoms with Gasteiger partial charge >= 0.3 is 5.97 Å². The number of hydrogen-bond donors (Lipinski definition) is 1. The lowest BCUT2D eigenvalue weighted by Gasteiger charge is -2.13. The molecule has 1 heterocycles. The molecule has 0 radical (unpaired) electrons. The topological polar surface area (TPSA) is 47.6 Å². The SMILES string of the molecule is COC(=O)c1ccccc1NCC1CCOC1. The zero-order valence-corrected chi connectivity index (χ0v) is 9.94. The number of nitrogens with one attached hydrogen (secondary N) is 1. The second-order valence-corrected chi connectivity index (χ2v) is 4.15. The van der Waals surface area contributed by atoms with Crippen molar-refractivity contribution in [1.82, 2.24) is 0 Å². The molecule has 4 heteroatoms. The van der Waals surface area contributed by atoms with Crippen molar-refractivity contribution in [3.8, 4) is 0 Å². The quantitative estimate of drug-likeness (QED) is 0.810. The molecule has 1 aliphatic heterocycles. The first-order chi connectivity index (χ1) is 8.31. The van der Waals surface area contributed by atoms with Gasteiger partial charge in [0, 0.05) is 24.8 Å². The maximum absolute atomic E-state index is 11.5. The average molecular weight is 235 g/mol. The van der Waals surface area contributed by atoms with E-state index in [2.05, 4.69) is 5.32 Å². The zero-order chi connectivity index (χ0) is 12.1. The summed E-state index contributed by atoms with van der Waals surface area (Å²) in [7, 11) is 1.39. The minimum atomic E-state index is -0.309. The lowest BCUT2D eigenvalue weighted by molar-refractivity contribution is 0.0602. The Morgan fingerprint density at radius 3 is 3.06 bits per heavy atom.